The Hall–Kier alpha value is -0.570. The molecular weight excluding hydrogens is 120 g/mol. The first-order valence-electron chi connectivity index (χ1n) is 3.11. The Morgan fingerprint density at radius 3 is 2.33 bits per heavy atom. The van der Waals surface area contributed by atoms with Gasteiger partial charge in [0, 0.05) is 0 Å². The van der Waals surface area contributed by atoms with Crippen LogP contribution in [0.2, 0.25) is 0 Å². The molecule has 3 nitrogen and oxygen atoms in total. The molecule has 0 aromatic carbocycles. The zero-order chi connectivity index (χ0) is 6.85. The number of aliphatic carboxylic acids is 1. The summed E-state index contributed by atoms with van der Waals surface area (Å²) in [6, 6.07) is 0. The molecule has 1 aliphatic rings. The zero-order valence-corrected chi connectivity index (χ0v) is 5.08. The van der Waals surface area contributed by atoms with E-state index in [1.807, 2.05) is 0 Å². The molecule has 1 unspecified atom stereocenters. The standard InChI is InChI=1S/C6H10O3/c7-5-2-1-4(3-5)6(8)9/h4-5,7H,1-3H2,(H,8,9)/t4?,5-/m1/s1. The third kappa shape index (κ3) is 1.42. The normalized spacial score (nSPS) is 34.8. The van der Waals surface area contributed by atoms with Crippen molar-refractivity contribution in [2.45, 2.75) is 25.4 Å². The first kappa shape index (κ1) is 6.55. The molecule has 0 saturated heterocycles. The minimum absolute atomic E-state index is 0.292. The lowest BCUT2D eigenvalue weighted by atomic mass is 10.1. The summed E-state index contributed by atoms with van der Waals surface area (Å²) in [5.41, 5.74) is 0. The van der Waals surface area contributed by atoms with Crippen molar-refractivity contribution in [2.24, 2.45) is 5.92 Å². The summed E-state index contributed by atoms with van der Waals surface area (Å²) < 4.78 is 0. The molecule has 0 heterocycles. The van der Waals surface area contributed by atoms with E-state index in [9.17, 15) is 4.79 Å². The van der Waals surface area contributed by atoms with E-state index in [0.717, 1.165) is 0 Å². The van der Waals surface area contributed by atoms with Crippen LogP contribution in [0.25, 0.3) is 0 Å². The second-order valence-corrected chi connectivity index (χ2v) is 2.50. The predicted octanol–water partition coefficient (Wildman–Crippen LogP) is 0.232. The van der Waals surface area contributed by atoms with E-state index < -0.39 is 5.97 Å². The summed E-state index contributed by atoms with van der Waals surface area (Å²) >= 11 is 0. The van der Waals surface area contributed by atoms with E-state index in [-0.39, 0.29) is 12.0 Å². The van der Waals surface area contributed by atoms with E-state index >= 15 is 0 Å². The van der Waals surface area contributed by atoms with Crippen LogP contribution in [0.15, 0.2) is 0 Å². The van der Waals surface area contributed by atoms with Crippen LogP contribution in [-0.2, 0) is 4.79 Å². The van der Waals surface area contributed by atoms with Crippen molar-refractivity contribution >= 4 is 5.97 Å². The molecule has 0 aromatic heterocycles. The Bertz CT molecular complexity index is 121. The molecule has 2 atom stereocenters. The minimum Gasteiger partial charge on any atom is -0.481 e. The van der Waals surface area contributed by atoms with Gasteiger partial charge in [0.25, 0.3) is 0 Å². The van der Waals surface area contributed by atoms with E-state index in [4.69, 9.17) is 10.2 Å². The number of aliphatic hydroxyl groups excluding tert-OH is 1. The molecule has 0 spiro atoms. The maximum Gasteiger partial charge on any atom is 0.306 e. The van der Waals surface area contributed by atoms with Crippen molar-refractivity contribution in [1.29, 1.82) is 0 Å². The SMILES string of the molecule is O=C(O)C1CC[C@@H](O)C1. The van der Waals surface area contributed by atoms with Crippen molar-refractivity contribution in [1.82, 2.24) is 0 Å². The number of hydrogen-bond acceptors (Lipinski definition) is 2. The largest absolute Gasteiger partial charge is 0.481 e. The van der Waals surface area contributed by atoms with Crippen molar-refractivity contribution in [2.75, 3.05) is 0 Å². The summed E-state index contributed by atoms with van der Waals surface area (Å²) in [5, 5.41) is 17.3. The molecule has 9 heavy (non-hydrogen) atoms. The van der Waals surface area contributed by atoms with Crippen LogP contribution in [0.5, 0.6) is 0 Å². The molecular formula is C6H10O3. The second-order valence-electron chi connectivity index (χ2n) is 2.50. The number of carboxylic acids is 1. The lowest BCUT2D eigenvalue weighted by Gasteiger charge is -1.99. The highest BCUT2D eigenvalue weighted by atomic mass is 16.4. The molecule has 1 aliphatic carbocycles. The highest BCUT2D eigenvalue weighted by molar-refractivity contribution is 5.70. The van der Waals surface area contributed by atoms with E-state index in [1.165, 1.54) is 0 Å². The van der Waals surface area contributed by atoms with Gasteiger partial charge in [0.05, 0.1) is 12.0 Å². The number of carbonyl (C=O) groups is 1. The Balaban J connectivity index is 2.39. The average molecular weight is 130 g/mol. The molecule has 1 fully saturated rings. The van der Waals surface area contributed by atoms with Gasteiger partial charge in [-0.05, 0) is 19.3 Å². The summed E-state index contributed by atoms with van der Waals surface area (Å²) in [6.45, 7) is 0. The topological polar surface area (TPSA) is 57.5 Å². The lowest BCUT2D eigenvalue weighted by molar-refractivity contribution is -0.141. The fourth-order valence-corrected chi connectivity index (χ4v) is 1.18. The maximum absolute atomic E-state index is 10.2. The molecule has 0 aliphatic heterocycles. The van der Waals surface area contributed by atoms with Crippen molar-refractivity contribution in [3.05, 3.63) is 0 Å². The highest BCUT2D eigenvalue weighted by Gasteiger charge is 2.27. The summed E-state index contributed by atoms with van der Waals surface area (Å²) in [7, 11) is 0. The Morgan fingerprint density at radius 1 is 1.44 bits per heavy atom. The van der Waals surface area contributed by atoms with E-state index in [1.54, 1.807) is 0 Å². The Labute approximate surface area is 53.3 Å². The third-order valence-electron chi connectivity index (χ3n) is 1.75. The van der Waals surface area contributed by atoms with Gasteiger partial charge in [-0.2, -0.15) is 0 Å². The smallest absolute Gasteiger partial charge is 0.306 e. The summed E-state index contributed by atoms with van der Waals surface area (Å²) in [5.74, 6) is -1.06. The molecule has 2 N–H and O–H groups in total. The maximum atomic E-state index is 10.2. The molecule has 1 saturated carbocycles. The van der Waals surface area contributed by atoms with Crippen LogP contribution in [0.1, 0.15) is 19.3 Å². The Morgan fingerprint density at radius 2 is 2.11 bits per heavy atom. The number of carboxylic acid groups (broad SMARTS) is 1. The van der Waals surface area contributed by atoms with Gasteiger partial charge in [-0.1, -0.05) is 0 Å². The van der Waals surface area contributed by atoms with Gasteiger partial charge in [-0.15, -0.1) is 0 Å². The molecule has 0 amide bonds. The quantitative estimate of drug-likeness (QED) is 0.534. The molecule has 3 heteroatoms. The number of rotatable bonds is 1. The first-order chi connectivity index (χ1) is 4.20. The van der Waals surface area contributed by atoms with Crippen LogP contribution in [0.4, 0.5) is 0 Å². The third-order valence-corrected chi connectivity index (χ3v) is 1.75. The molecule has 0 radical (unpaired) electrons. The molecule has 0 aromatic rings. The van der Waals surface area contributed by atoms with Crippen LogP contribution < -0.4 is 0 Å². The average Bonchev–Trinajstić information content (AvgIpc) is 2.14. The van der Waals surface area contributed by atoms with Gasteiger partial charge in [0.15, 0.2) is 0 Å². The van der Waals surface area contributed by atoms with Gasteiger partial charge >= 0.3 is 5.97 Å². The minimum atomic E-state index is -0.772. The summed E-state index contributed by atoms with van der Waals surface area (Å²) in [4.78, 5) is 10.2. The van der Waals surface area contributed by atoms with E-state index in [0.29, 0.717) is 19.3 Å². The van der Waals surface area contributed by atoms with Crippen molar-refractivity contribution in [3.8, 4) is 0 Å². The zero-order valence-electron chi connectivity index (χ0n) is 5.08. The molecule has 1 rings (SSSR count). The lowest BCUT2D eigenvalue weighted by Crippen LogP contribution is -2.10. The monoisotopic (exact) mass is 130 g/mol. The van der Waals surface area contributed by atoms with Gasteiger partial charge in [0.1, 0.15) is 0 Å². The van der Waals surface area contributed by atoms with Gasteiger partial charge < -0.3 is 10.2 Å². The van der Waals surface area contributed by atoms with Gasteiger partial charge in [-0.25, -0.2) is 0 Å². The van der Waals surface area contributed by atoms with Crippen LogP contribution >= 0.6 is 0 Å². The fraction of sp³-hybridized carbons (Fsp3) is 0.833. The fourth-order valence-electron chi connectivity index (χ4n) is 1.18. The highest BCUT2D eigenvalue weighted by Crippen LogP contribution is 2.24. The number of aliphatic hydroxyl groups is 1. The second kappa shape index (κ2) is 2.35. The summed E-state index contributed by atoms with van der Waals surface area (Å²) in [6.07, 6.45) is 1.36. The Kier molecular flexibility index (Phi) is 1.71. The van der Waals surface area contributed by atoms with Gasteiger partial charge in [0.2, 0.25) is 0 Å². The molecule has 0 bridgehead atoms. The first-order valence-corrected chi connectivity index (χ1v) is 3.11. The van der Waals surface area contributed by atoms with Gasteiger partial charge in [-0.3, -0.25) is 4.79 Å². The van der Waals surface area contributed by atoms with Crippen LogP contribution in [-0.4, -0.2) is 22.3 Å². The predicted molar refractivity (Wildman–Crippen MR) is 31.0 cm³/mol. The van der Waals surface area contributed by atoms with Crippen LogP contribution in [0, 0.1) is 5.92 Å². The van der Waals surface area contributed by atoms with Crippen molar-refractivity contribution < 1.29 is 15.0 Å². The van der Waals surface area contributed by atoms with Crippen molar-refractivity contribution in [3.63, 3.8) is 0 Å². The van der Waals surface area contributed by atoms with Crippen LogP contribution in [0.3, 0.4) is 0 Å². The molecule has 52 valence electrons. The number of hydrogen-bond donors (Lipinski definition) is 2. The van der Waals surface area contributed by atoms with E-state index in [2.05, 4.69) is 0 Å².